The Balaban J connectivity index is 1.86. The van der Waals surface area contributed by atoms with Gasteiger partial charge < -0.3 is 0 Å². The molecule has 4 aromatic rings. The van der Waals surface area contributed by atoms with E-state index in [0.717, 1.165) is 14.9 Å². The van der Waals surface area contributed by atoms with Crippen molar-refractivity contribution in [2.24, 2.45) is 0 Å². The monoisotopic (exact) mass is 389 g/mol. The molecule has 0 fully saturated rings. The molecule has 1 aromatic carbocycles. The fraction of sp³-hybridized carbons (Fsp3) is 0. The van der Waals surface area contributed by atoms with Crippen LogP contribution in [0, 0.1) is 0 Å². The molecule has 3 aromatic heterocycles. The van der Waals surface area contributed by atoms with Crippen molar-refractivity contribution in [3.05, 3.63) is 66.7 Å². The van der Waals surface area contributed by atoms with Gasteiger partial charge in [-0.15, -0.1) is 16.4 Å². The fourth-order valence-corrected chi connectivity index (χ4v) is 4.07. The molecular weight excluding hydrogens is 382 g/mol. The lowest BCUT2D eigenvalue weighted by molar-refractivity contribution is 0.938. The van der Waals surface area contributed by atoms with Gasteiger partial charge in [0.2, 0.25) is 4.96 Å². The normalized spacial score (nSPS) is 12.3. The van der Waals surface area contributed by atoms with E-state index in [4.69, 9.17) is 0 Å². The Morgan fingerprint density at radius 3 is 2.86 bits per heavy atom. The number of nitrogens with zero attached hydrogens (tertiary/aromatic N) is 3. The number of hydrogen-bond donors (Lipinski definition) is 0. The Kier molecular flexibility index (Phi) is 3.40. The molecule has 0 saturated heterocycles. The summed E-state index contributed by atoms with van der Waals surface area (Å²) in [6.07, 6.45) is 1.86. The average molecular weight is 390 g/mol. The van der Waals surface area contributed by atoms with Gasteiger partial charge in [0.05, 0.1) is 9.41 Å². The molecule has 3 heterocycles. The van der Waals surface area contributed by atoms with Crippen LogP contribution in [0.3, 0.4) is 0 Å². The predicted molar refractivity (Wildman–Crippen MR) is 93.4 cm³/mol. The standard InChI is InChI=1S/C15H8BrN3OS2/c16-10-4-1-3-9(7-10)8-12-14(20)19-15(22-12)17-13(18-19)11-5-2-6-21-11/h1-8H/b12-8+. The maximum Gasteiger partial charge on any atom is 0.291 e. The van der Waals surface area contributed by atoms with E-state index >= 15 is 0 Å². The highest BCUT2D eigenvalue weighted by Gasteiger charge is 2.12. The van der Waals surface area contributed by atoms with Crippen LogP contribution in [0.5, 0.6) is 0 Å². The Labute approximate surface area is 141 Å². The van der Waals surface area contributed by atoms with Gasteiger partial charge in [-0.1, -0.05) is 45.5 Å². The van der Waals surface area contributed by atoms with Crippen LogP contribution in [0.1, 0.15) is 5.56 Å². The molecule has 7 heteroatoms. The van der Waals surface area contributed by atoms with Gasteiger partial charge in [-0.25, -0.2) is 0 Å². The van der Waals surface area contributed by atoms with E-state index in [-0.39, 0.29) is 5.56 Å². The van der Waals surface area contributed by atoms with E-state index < -0.39 is 0 Å². The van der Waals surface area contributed by atoms with Crippen molar-refractivity contribution >= 4 is 49.6 Å². The number of halogens is 1. The molecule has 4 nitrogen and oxygen atoms in total. The van der Waals surface area contributed by atoms with Gasteiger partial charge in [0.1, 0.15) is 0 Å². The molecular formula is C15H8BrN3OS2. The largest absolute Gasteiger partial charge is 0.291 e. The minimum atomic E-state index is -0.129. The molecule has 22 heavy (non-hydrogen) atoms. The van der Waals surface area contributed by atoms with E-state index in [1.807, 2.05) is 47.9 Å². The second-order valence-corrected chi connectivity index (χ2v) is 7.45. The molecule has 0 spiro atoms. The smallest absolute Gasteiger partial charge is 0.266 e. The van der Waals surface area contributed by atoms with Crippen LogP contribution in [0.25, 0.3) is 21.7 Å². The molecule has 0 aliphatic carbocycles. The number of rotatable bonds is 2. The summed E-state index contributed by atoms with van der Waals surface area (Å²) < 4.78 is 2.99. The zero-order valence-electron chi connectivity index (χ0n) is 11.1. The van der Waals surface area contributed by atoms with Crippen LogP contribution >= 0.6 is 38.6 Å². The number of fused-ring (bicyclic) bond motifs is 1. The van der Waals surface area contributed by atoms with E-state index in [2.05, 4.69) is 26.0 Å². The highest BCUT2D eigenvalue weighted by Crippen LogP contribution is 2.21. The highest BCUT2D eigenvalue weighted by molar-refractivity contribution is 9.10. The third-order valence-corrected chi connectivity index (χ3v) is 5.39. The summed E-state index contributed by atoms with van der Waals surface area (Å²) in [7, 11) is 0. The van der Waals surface area contributed by atoms with Gasteiger partial charge in [-0.05, 0) is 35.2 Å². The van der Waals surface area contributed by atoms with Crippen LogP contribution in [-0.2, 0) is 0 Å². The molecule has 0 aliphatic rings. The zero-order chi connectivity index (χ0) is 15.1. The highest BCUT2D eigenvalue weighted by atomic mass is 79.9. The summed E-state index contributed by atoms with van der Waals surface area (Å²) in [4.78, 5) is 18.5. The molecule has 0 N–H and O–H groups in total. The Bertz CT molecular complexity index is 1070. The summed E-state index contributed by atoms with van der Waals surface area (Å²) in [5.74, 6) is 0.604. The molecule has 0 unspecified atom stereocenters. The average Bonchev–Trinajstić information content (AvgIpc) is 3.18. The van der Waals surface area contributed by atoms with Crippen molar-refractivity contribution in [2.45, 2.75) is 0 Å². The first-order valence-electron chi connectivity index (χ1n) is 6.41. The van der Waals surface area contributed by atoms with E-state index in [1.54, 1.807) is 11.3 Å². The lowest BCUT2D eigenvalue weighted by atomic mass is 10.2. The topological polar surface area (TPSA) is 47.3 Å². The zero-order valence-corrected chi connectivity index (χ0v) is 14.3. The number of benzene rings is 1. The van der Waals surface area contributed by atoms with Gasteiger partial charge in [0.15, 0.2) is 5.82 Å². The molecule has 0 saturated carbocycles. The lowest BCUT2D eigenvalue weighted by Crippen LogP contribution is -2.23. The first-order valence-corrected chi connectivity index (χ1v) is 8.90. The van der Waals surface area contributed by atoms with Gasteiger partial charge >= 0.3 is 0 Å². The minimum absolute atomic E-state index is 0.129. The van der Waals surface area contributed by atoms with E-state index in [9.17, 15) is 4.79 Å². The second-order valence-electron chi connectivity index (χ2n) is 4.58. The molecule has 4 rings (SSSR count). The molecule has 0 amide bonds. The molecule has 0 bridgehead atoms. The number of aromatic nitrogens is 3. The second kappa shape index (κ2) is 5.42. The molecule has 0 aliphatic heterocycles. The van der Waals surface area contributed by atoms with E-state index in [1.165, 1.54) is 15.9 Å². The third kappa shape index (κ3) is 2.41. The Morgan fingerprint density at radius 2 is 2.14 bits per heavy atom. The summed E-state index contributed by atoms with van der Waals surface area (Å²) >= 11 is 6.34. The Morgan fingerprint density at radius 1 is 1.23 bits per heavy atom. The van der Waals surface area contributed by atoms with Crippen molar-refractivity contribution in [3.63, 3.8) is 0 Å². The minimum Gasteiger partial charge on any atom is -0.266 e. The van der Waals surface area contributed by atoms with Gasteiger partial charge in [0, 0.05) is 4.47 Å². The fourth-order valence-electron chi connectivity index (χ4n) is 2.09. The third-order valence-electron chi connectivity index (χ3n) is 3.07. The van der Waals surface area contributed by atoms with Crippen molar-refractivity contribution in [2.75, 3.05) is 0 Å². The number of thiophene rings is 1. The van der Waals surface area contributed by atoms with Crippen LogP contribution in [0.4, 0.5) is 0 Å². The summed E-state index contributed by atoms with van der Waals surface area (Å²) in [5.41, 5.74) is 0.838. The van der Waals surface area contributed by atoms with Crippen LogP contribution < -0.4 is 10.1 Å². The van der Waals surface area contributed by atoms with Crippen molar-refractivity contribution < 1.29 is 0 Å². The number of thiazole rings is 1. The molecule has 108 valence electrons. The van der Waals surface area contributed by atoms with Crippen LogP contribution in [0.2, 0.25) is 0 Å². The summed E-state index contributed by atoms with van der Waals surface area (Å²) in [6.45, 7) is 0. The lowest BCUT2D eigenvalue weighted by Gasteiger charge is -1.92. The van der Waals surface area contributed by atoms with Crippen molar-refractivity contribution in [3.8, 4) is 10.7 Å². The predicted octanol–water partition coefficient (Wildman–Crippen LogP) is 3.19. The summed E-state index contributed by atoms with van der Waals surface area (Å²) in [5, 5.41) is 6.29. The van der Waals surface area contributed by atoms with Crippen molar-refractivity contribution in [1.29, 1.82) is 0 Å². The van der Waals surface area contributed by atoms with Gasteiger partial charge in [-0.2, -0.15) is 9.50 Å². The Hall–Kier alpha value is -1.83. The van der Waals surface area contributed by atoms with Crippen LogP contribution in [-0.4, -0.2) is 14.6 Å². The number of hydrogen-bond acceptors (Lipinski definition) is 5. The first kappa shape index (κ1) is 13.8. The summed E-state index contributed by atoms with van der Waals surface area (Å²) in [6, 6.07) is 11.7. The maximum atomic E-state index is 12.4. The van der Waals surface area contributed by atoms with Gasteiger partial charge in [-0.3, -0.25) is 4.79 Å². The quantitative estimate of drug-likeness (QED) is 0.528. The van der Waals surface area contributed by atoms with Crippen LogP contribution in [0.15, 0.2) is 51.0 Å². The first-order chi connectivity index (χ1) is 10.7. The molecule has 0 atom stereocenters. The molecule has 0 radical (unpaired) electrons. The maximum absolute atomic E-state index is 12.4. The van der Waals surface area contributed by atoms with E-state index in [0.29, 0.717) is 15.3 Å². The SMILES string of the molecule is O=c1/c(=C\c2cccc(Br)c2)sc2nc(-c3cccs3)nn12. The van der Waals surface area contributed by atoms with Crippen molar-refractivity contribution in [1.82, 2.24) is 14.6 Å². The van der Waals surface area contributed by atoms with Gasteiger partial charge in [0.25, 0.3) is 5.56 Å².